The Hall–Kier alpha value is -3.13. The molecule has 0 saturated carbocycles. The Morgan fingerprint density at radius 1 is 1.26 bits per heavy atom. The number of ether oxygens (including phenoxy) is 1. The van der Waals surface area contributed by atoms with Gasteiger partial charge in [0.2, 0.25) is 11.8 Å². The average molecular weight is 480 g/mol. The number of nitrogens with one attached hydrogen (secondary N) is 2. The van der Waals surface area contributed by atoms with Crippen molar-refractivity contribution in [3.05, 3.63) is 0 Å². The molecule has 3 saturated heterocycles. The molecule has 0 aromatic heterocycles. The molecule has 0 aromatic rings. The van der Waals surface area contributed by atoms with Crippen LogP contribution in [0.15, 0.2) is 4.99 Å². The zero-order chi connectivity index (χ0) is 24.4. The maximum Gasteiger partial charge on any atom is 0.410 e. The van der Waals surface area contributed by atoms with E-state index in [-0.39, 0.29) is 49.7 Å². The standard InChI is InChI=1S/C20H30N8O6/c1-10-3-2-6-26(7-10)18(31)34-12-9-28-17(22)23-11(8-27-13(29)4-5-14(27)30)15-19(28,20(12,32)33)25-16(21)24-15/h10-12,15,32-33H,2-9H2,1H3,(H2,22,23)(H3,21,24,25)/p+1/t10?,11?,12-,15?,19?/m0/s1. The van der Waals surface area contributed by atoms with Crippen LogP contribution in [0.2, 0.25) is 0 Å². The largest absolute Gasteiger partial charge is 0.438 e. The van der Waals surface area contributed by atoms with E-state index in [0.717, 1.165) is 17.7 Å². The highest BCUT2D eigenvalue weighted by atomic mass is 16.6. The topological polar surface area (TPSA) is 201 Å². The summed E-state index contributed by atoms with van der Waals surface area (Å²) >= 11 is 0. The molecule has 1 spiro atoms. The predicted molar refractivity (Wildman–Crippen MR) is 115 cm³/mol. The Morgan fingerprint density at radius 3 is 2.65 bits per heavy atom. The van der Waals surface area contributed by atoms with E-state index in [1.807, 2.05) is 6.92 Å². The normalized spacial score (nSPS) is 36.6. The fraction of sp³-hybridized carbons (Fsp3) is 0.750. The third kappa shape index (κ3) is 3.19. The van der Waals surface area contributed by atoms with E-state index in [1.165, 1.54) is 4.90 Å². The molecule has 14 nitrogen and oxygen atoms in total. The summed E-state index contributed by atoms with van der Waals surface area (Å²) in [6.07, 6.45) is 0.0707. The van der Waals surface area contributed by atoms with E-state index in [9.17, 15) is 24.6 Å². The number of nitrogens with two attached hydrogens (primary N) is 2. The van der Waals surface area contributed by atoms with Gasteiger partial charge in [-0.1, -0.05) is 6.92 Å². The maximum atomic E-state index is 12.8. The van der Waals surface area contributed by atoms with Gasteiger partial charge in [0.05, 0.1) is 13.1 Å². The SMILES string of the molecule is CC1CCCN(C(=O)O[C@H]2CN3C(N)=NC(CN4C(=O)CCC4=O)C4[NH+]=C(N)NC43C2(O)O)C1. The minimum Gasteiger partial charge on any atom is -0.438 e. The van der Waals surface area contributed by atoms with E-state index in [1.54, 1.807) is 4.90 Å². The van der Waals surface area contributed by atoms with Gasteiger partial charge in [-0.05, 0) is 18.8 Å². The first kappa shape index (κ1) is 22.7. The summed E-state index contributed by atoms with van der Waals surface area (Å²) < 4.78 is 5.59. The number of carbonyl (C=O) groups excluding carboxylic acids is 3. The number of likely N-dealkylation sites (tertiary alicyclic amines) is 2. The average Bonchev–Trinajstić information content (AvgIpc) is 3.36. The molecule has 5 rings (SSSR count). The first-order valence-corrected chi connectivity index (χ1v) is 11.6. The second-order valence-electron chi connectivity index (χ2n) is 9.78. The second-order valence-corrected chi connectivity index (χ2v) is 9.78. The molecule has 14 heteroatoms. The van der Waals surface area contributed by atoms with Crippen molar-refractivity contribution in [2.45, 2.75) is 62.2 Å². The number of rotatable bonds is 3. The Morgan fingerprint density at radius 2 is 1.97 bits per heavy atom. The lowest BCUT2D eigenvalue weighted by atomic mass is 9.85. The van der Waals surface area contributed by atoms with Crippen molar-refractivity contribution < 1.29 is 34.3 Å². The molecular weight excluding hydrogens is 448 g/mol. The van der Waals surface area contributed by atoms with Gasteiger partial charge in [-0.3, -0.25) is 30.1 Å². The Bertz CT molecular complexity index is 968. The number of hydrogen-bond donors (Lipinski definition) is 6. The van der Waals surface area contributed by atoms with Gasteiger partial charge in [-0.25, -0.2) is 15.1 Å². The lowest BCUT2D eigenvalue weighted by molar-refractivity contribution is -0.522. The minimum absolute atomic E-state index is 0.0354. The molecule has 0 aliphatic carbocycles. The predicted octanol–water partition coefficient (Wildman–Crippen LogP) is -4.87. The third-order valence-electron chi connectivity index (χ3n) is 7.51. The third-order valence-corrected chi connectivity index (χ3v) is 7.51. The molecule has 5 heterocycles. The Labute approximate surface area is 195 Å². The smallest absolute Gasteiger partial charge is 0.410 e. The van der Waals surface area contributed by atoms with E-state index < -0.39 is 35.7 Å². The molecule has 3 amide bonds. The maximum absolute atomic E-state index is 12.8. The number of aliphatic hydroxyl groups is 2. The van der Waals surface area contributed by atoms with Gasteiger partial charge in [0.25, 0.3) is 11.4 Å². The molecule has 0 bridgehead atoms. The van der Waals surface area contributed by atoms with Crippen LogP contribution in [0.3, 0.4) is 0 Å². The molecule has 5 atom stereocenters. The molecular formula is C20H31N8O6+. The fourth-order valence-corrected chi connectivity index (χ4v) is 5.82. The van der Waals surface area contributed by atoms with E-state index in [4.69, 9.17) is 16.2 Å². The number of imide groups is 1. The van der Waals surface area contributed by atoms with Crippen molar-refractivity contribution in [3.8, 4) is 0 Å². The van der Waals surface area contributed by atoms with Crippen molar-refractivity contribution in [2.24, 2.45) is 22.4 Å². The summed E-state index contributed by atoms with van der Waals surface area (Å²) in [5.74, 6) is -2.99. The Kier molecular flexibility index (Phi) is 5.13. The van der Waals surface area contributed by atoms with E-state index in [0.29, 0.717) is 19.0 Å². The van der Waals surface area contributed by atoms with Gasteiger partial charge < -0.3 is 25.6 Å². The number of aliphatic imine (C=N–C) groups is 1. The van der Waals surface area contributed by atoms with Crippen LogP contribution in [-0.4, -0.2) is 111 Å². The molecule has 5 aliphatic heterocycles. The first-order chi connectivity index (χ1) is 16.0. The van der Waals surface area contributed by atoms with Gasteiger partial charge in [-0.15, -0.1) is 0 Å². The molecule has 3 fully saturated rings. The number of guanidine groups is 2. The van der Waals surface area contributed by atoms with Crippen LogP contribution in [0.25, 0.3) is 0 Å². The van der Waals surface area contributed by atoms with Crippen LogP contribution in [0.1, 0.15) is 32.6 Å². The van der Waals surface area contributed by atoms with E-state index in [2.05, 4.69) is 15.3 Å². The second kappa shape index (κ2) is 7.70. The molecule has 0 radical (unpaired) electrons. The molecule has 186 valence electrons. The van der Waals surface area contributed by atoms with Crippen LogP contribution in [-0.2, 0) is 14.3 Å². The van der Waals surface area contributed by atoms with Crippen LogP contribution in [0, 0.1) is 5.92 Å². The van der Waals surface area contributed by atoms with Crippen molar-refractivity contribution in [1.29, 1.82) is 0 Å². The number of nitrogens with zero attached hydrogens (tertiary/aromatic N) is 4. The zero-order valence-electron chi connectivity index (χ0n) is 18.9. The van der Waals surface area contributed by atoms with Gasteiger partial charge in [0.1, 0.15) is 6.04 Å². The van der Waals surface area contributed by atoms with Crippen molar-refractivity contribution >= 4 is 29.8 Å². The van der Waals surface area contributed by atoms with Crippen LogP contribution in [0.5, 0.6) is 0 Å². The number of amides is 3. The summed E-state index contributed by atoms with van der Waals surface area (Å²) in [5.41, 5.74) is 10.5. The van der Waals surface area contributed by atoms with Crippen LogP contribution < -0.4 is 21.8 Å². The van der Waals surface area contributed by atoms with Gasteiger partial charge in [0.15, 0.2) is 18.1 Å². The van der Waals surface area contributed by atoms with Gasteiger partial charge in [0, 0.05) is 25.9 Å². The van der Waals surface area contributed by atoms with Crippen molar-refractivity contribution in [3.63, 3.8) is 0 Å². The van der Waals surface area contributed by atoms with Crippen molar-refractivity contribution in [2.75, 3.05) is 26.2 Å². The summed E-state index contributed by atoms with van der Waals surface area (Å²) in [4.78, 5) is 48.7. The summed E-state index contributed by atoms with van der Waals surface area (Å²) in [6, 6.07) is -1.72. The molecule has 8 N–H and O–H groups in total. The van der Waals surface area contributed by atoms with Crippen molar-refractivity contribution in [1.82, 2.24) is 20.0 Å². The minimum atomic E-state index is -2.64. The Balaban J connectivity index is 1.43. The molecule has 5 aliphatic rings. The van der Waals surface area contributed by atoms with Gasteiger partial charge in [-0.2, -0.15) is 0 Å². The number of hydrogen-bond acceptors (Lipinski definition) is 11. The fourth-order valence-electron chi connectivity index (χ4n) is 5.82. The highest BCUT2D eigenvalue weighted by Gasteiger charge is 2.77. The van der Waals surface area contributed by atoms with Crippen LogP contribution in [0.4, 0.5) is 4.79 Å². The quantitative estimate of drug-likeness (QED) is 0.168. The first-order valence-electron chi connectivity index (χ1n) is 11.6. The number of piperidine rings is 1. The van der Waals surface area contributed by atoms with E-state index >= 15 is 0 Å². The number of carbonyl (C=O) groups is 3. The summed E-state index contributed by atoms with van der Waals surface area (Å²) in [5, 5.41) is 25.7. The lowest BCUT2D eigenvalue weighted by Gasteiger charge is -2.46. The zero-order valence-corrected chi connectivity index (χ0v) is 18.9. The summed E-state index contributed by atoms with van der Waals surface area (Å²) in [7, 11) is 0. The lowest BCUT2D eigenvalue weighted by Crippen LogP contribution is -2.90. The highest BCUT2D eigenvalue weighted by molar-refractivity contribution is 6.02. The molecule has 4 unspecified atom stereocenters. The van der Waals surface area contributed by atoms with Gasteiger partial charge >= 0.3 is 12.1 Å². The van der Waals surface area contributed by atoms with Crippen LogP contribution >= 0.6 is 0 Å². The highest BCUT2D eigenvalue weighted by Crippen LogP contribution is 2.42. The monoisotopic (exact) mass is 479 g/mol. The molecule has 34 heavy (non-hydrogen) atoms. The molecule has 0 aromatic carbocycles. The summed E-state index contributed by atoms with van der Waals surface area (Å²) in [6.45, 7) is 2.84.